The molecule has 134 valence electrons. The minimum atomic E-state index is -0.884. The Morgan fingerprint density at radius 3 is 2.48 bits per heavy atom. The number of hydrogen-bond donors (Lipinski definition) is 1. The maximum Gasteiger partial charge on any atom is 0.119 e. The zero-order valence-corrected chi connectivity index (χ0v) is 16.6. The van der Waals surface area contributed by atoms with Crippen LogP contribution in [0.5, 0.6) is 5.75 Å². The molecule has 1 heterocycles. The summed E-state index contributed by atoms with van der Waals surface area (Å²) in [5.41, 5.74) is 1.50. The van der Waals surface area contributed by atoms with Crippen LogP contribution in [0.25, 0.3) is 11.1 Å². The van der Waals surface area contributed by atoms with Crippen molar-refractivity contribution in [1.82, 2.24) is 4.90 Å². The Morgan fingerprint density at radius 2 is 1.80 bits per heavy atom. The van der Waals surface area contributed by atoms with Crippen LogP contribution < -0.4 is 4.74 Å². The van der Waals surface area contributed by atoms with Gasteiger partial charge in [0, 0.05) is 23.2 Å². The van der Waals surface area contributed by atoms with E-state index in [0.717, 1.165) is 37.6 Å². The van der Waals surface area contributed by atoms with Crippen LogP contribution >= 0.6 is 22.6 Å². The van der Waals surface area contributed by atoms with Crippen molar-refractivity contribution in [3.05, 3.63) is 52.1 Å². The van der Waals surface area contributed by atoms with Gasteiger partial charge in [-0.25, -0.2) is 0 Å². The minimum Gasteiger partial charge on any atom is -0.491 e. The average Bonchev–Trinajstić information content (AvgIpc) is 2.62. The highest BCUT2D eigenvalue weighted by atomic mass is 127. The second-order valence-corrected chi connectivity index (χ2v) is 7.84. The molecule has 1 N–H and O–H groups in total. The molecule has 1 fully saturated rings. The molecule has 0 radical (unpaired) electrons. The monoisotopic (exact) mass is 453 g/mol. The van der Waals surface area contributed by atoms with E-state index in [2.05, 4.69) is 51.8 Å². The zero-order valence-electron chi connectivity index (χ0n) is 14.5. The molecule has 25 heavy (non-hydrogen) atoms. The van der Waals surface area contributed by atoms with Gasteiger partial charge in [-0.1, -0.05) is 30.3 Å². The fraction of sp³-hybridized carbons (Fsp3) is 0.400. The number of rotatable bonds is 6. The third-order valence-electron chi connectivity index (χ3n) is 4.26. The molecule has 1 saturated heterocycles. The summed E-state index contributed by atoms with van der Waals surface area (Å²) in [7, 11) is 0. The lowest BCUT2D eigenvalue weighted by Gasteiger charge is -2.33. The van der Waals surface area contributed by atoms with Crippen molar-refractivity contribution in [3.8, 4) is 16.9 Å². The van der Waals surface area contributed by atoms with Crippen molar-refractivity contribution in [1.29, 1.82) is 0 Å². The van der Waals surface area contributed by atoms with E-state index >= 15 is 0 Å². The van der Waals surface area contributed by atoms with E-state index in [9.17, 15) is 5.11 Å². The van der Waals surface area contributed by atoms with Crippen molar-refractivity contribution in [3.63, 3.8) is 0 Å². The van der Waals surface area contributed by atoms with Crippen LogP contribution in [0.1, 0.15) is 6.92 Å². The molecule has 5 heteroatoms. The van der Waals surface area contributed by atoms with E-state index in [0.29, 0.717) is 6.54 Å². The molecule has 1 aliphatic rings. The van der Waals surface area contributed by atoms with Gasteiger partial charge >= 0.3 is 0 Å². The maximum absolute atomic E-state index is 10.6. The molecule has 0 bridgehead atoms. The molecule has 1 unspecified atom stereocenters. The third-order valence-corrected chi connectivity index (χ3v) is 5.20. The quantitative estimate of drug-likeness (QED) is 0.681. The van der Waals surface area contributed by atoms with Crippen LogP contribution in [0.2, 0.25) is 0 Å². The summed E-state index contributed by atoms with van der Waals surface area (Å²) in [5, 5.41) is 10.6. The van der Waals surface area contributed by atoms with Gasteiger partial charge in [0.25, 0.3) is 0 Å². The van der Waals surface area contributed by atoms with Crippen LogP contribution in [0.15, 0.2) is 48.5 Å². The van der Waals surface area contributed by atoms with Crippen molar-refractivity contribution in [2.45, 2.75) is 12.5 Å². The molecule has 3 rings (SSSR count). The summed E-state index contributed by atoms with van der Waals surface area (Å²) in [6.07, 6.45) is 0. The normalized spacial score (nSPS) is 17.9. The van der Waals surface area contributed by atoms with Gasteiger partial charge in [0.05, 0.1) is 13.2 Å². The highest BCUT2D eigenvalue weighted by Crippen LogP contribution is 2.27. The van der Waals surface area contributed by atoms with Crippen LogP contribution in [0, 0.1) is 3.57 Å². The van der Waals surface area contributed by atoms with Crippen molar-refractivity contribution >= 4 is 22.6 Å². The fourth-order valence-electron chi connectivity index (χ4n) is 2.95. The average molecular weight is 453 g/mol. The van der Waals surface area contributed by atoms with Crippen molar-refractivity contribution in [2.75, 3.05) is 39.5 Å². The van der Waals surface area contributed by atoms with E-state index < -0.39 is 5.60 Å². The Labute approximate surface area is 162 Å². The highest BCUT2D eigenvalue weighted by molar-refractivity contribution is 14.1. The van der Waals surface area contributed by atoms with E-state index in [1.54, 1.807) is 0 Å². The van der Waals surface area contributed by atoms with Crippen LogP contribution in [-0.4, -0.2) is 55.1 Å². The van der Waals surface area contributed by atoms with Gasteiger partial charge in [-0.2, -0.15) is 0 Å². The van der Waals surface area contributed by atoms with Gasteiger partial charge in [0.15, 0.2) is 0 Å². The second-order valence-electron chi connectivity index (χ2n) is 6.68. The molecular weight excluding hydrogens is 429 g/mol. The summed E-state index contributed by atoms with van der Waals surface area (Å²) in [5.74, 6) is 0.775. The van der Waals surface area contributed by atoms with Gasteiger partial charge in [-0.05, 0) is 58.8 Å². The molecule has 4 nitrogen and oxygen atoms in total. The number of β-amino-alcohol motifs (C(OH)–C–C–N with tert-alkyl or cyclic N) is 1. The first-order valence-corrected chi connectivity index (χ1v) is 9.62. The Kier molecular flexibility index (Phi) is 6.33. The molecular formula is C20H24INO3. The molecule has 0 aromatic heterocycles. The maximum atomic E-state index is 10.6. The molecule has 2 aromatic rings. The highest BCUT2D eigenvalue weighted by Gasteiger charge is 2.26. The van der Waals surface area contributed by atoms with Crippen molar-refractivity contribution < 1.29 is 14.6 Å². The molecule has 0 amide bonds. The van der Waals surface area contributed by atoms with E-state index in [-0.39, 0.29) is 6.61 Å². The molecule has 0 saturated carbocycles. The first kappa shape index (κ1) is 18.6. The van der Waals surface area contributed by atoms with E-state index in [1.165, 1.54) is 9.13 Å². The summed E-state index contributed by atoms with van der Waals surface area (Å²) >= 11 is 2.35. The summed E-state index contributed by atoms with van der Waals surface area (Å²) in [4.78, 5) is 2.22. The largest absolute Gasteiger partial charge is 0.491 e. The van der Waals surface area contributed by atoms with Crippen LogP contribution in [0.4, 0.5) is 0 Å². The summed E-state index contributed by atoms with van der Waals surface area (Å²) in [6.45, 7) is 5.88. The SMILES string of the molecule is CC(O)(COc1ccc(-c2ccccc2I)cc1)CN1CCOCC1. The molecule has 0 aliphatic carbocycles. The van der Waals surface area contributed by atoms with Crippen LogP contribution in [0.3, 0.4) is 0 Å². The van der Waals surface area contributed by atoms with Crippen LogP contribution in [-0.2, 0) is 4.74 Å². The lowest BCUT2D eigenvalue weighted by Crippen LogP contribution is -2.48. The lowest BCUT2D eigenvalue weighted by molar-refractivity contribution is -0.0435. The number of benzene rings is 2. The second kappa shape index (κ2) is 8.49. The van der Waals surface area contributed by atoms with Gasteiger partial charge in [0.2, 0.25) is 0 Å². The predicted molar refractivity (Wildman–Crippen MR) is 108 cm³/mol. The third kappa shape index (κ3) is 5.41. The number of nitrogens with zero attached hydrogens (tertiary/aromatic N) is 1. The topological polar surface area (TPSA) is 41.9 Å². The predicted octanol–water partition coefficient (Wildman–Crippen LogP) is 3.42. The number of halogens is 1. The zero-order chi connectivity index (χ0) is 17.7. The minimum absolute atomic E-state index is 0.270. The number of hydrogen-bond acceptors (Lipinski definition) is 4. The van der Waals surface area contributed by atoms with Gasteiger partial charge in [-0.15, -0.1) is 0 Å². The number of aliphatic hydroxyl groups is 1. The first-order valence-electron chi connectivity index (χ1n) is 8.54. The Hall–Kier alpha value is -1.15. The Morgan fingerprint density at radius 1 is 1.12 bits per heavy atom. The van der Waals surface area contributed by atoms with E-state index in [4.69, 9.17) is 9.47 Å². The van der Waals surface area contributed by atoms with Gasteiger partial charge < -0.3 is 14.6 Å². The van der Waals surface area contributed by atoms with Crippen molar-refractivity contribution in [2.24, 2.45) is 0 Å². The molecule has 0 spiro atoms. The molecule has 1 atom stereocenters. The van der Waals surface area contributed by atoms with E-state index in [1.807, 2.05) is 31.2 Å². The van der Waals surface area contributed by atoms with Gasteiger partial charge in [-0.3, -0.25) is 4.90 Å². The standard InChI is InChI=1S/C20H24INO3/c1-20(23,14-22-10-12-24-13-11-22)15-25-17-8-6-16(7-9-17)18-4-2-3-5-19(18)21/h2-9,23H,10-15H2,1H3. The molecule has 1 aliphatic heterocycles. The molecule has 2 aromatic carbocycles. The number of morpholine rings is 1. The number of ether oxygens (including phenoxy) is 2. The summed E-state index contributed by atoms with van der Waals surface area (Å²) in [6, 6.07) is 16.3. The lowest BCUT2D eigenvalue weighted by atomic mass is 10.1. The Bertz CT molecular complexity index is 682. The first-order chi connectivity index (χ1) is 12.0. The fourth-order valence-corrected chi connectivity index (χ4v) is 3.65. The summed E-state index contributed by atoms with van der Waals surface area (Å²) < 4.78 is 12.4. The Balaban J connectivity index is 1.57. The van der Waals surface area contributed by atoms with Gasteiger partial charge in [0.1, 0.15) is 18.0 Å². The smallest absolute Gasteiger partial charge is 0.119 e.